The van der Waals surface area contributed by atoms with Crippen molar-refractivity contribution in [2.75, 3.05) is 11.5 Å². The third kappa shape index (κ3) is 3.55. The average molecular weight is 372 g/mol. The molecule has 6 nitrogen and oxygen atoms in total. The van der Waals surface area contributed by atoms with E-state index in [-0.39, 0.29) is 16.5 Å². The van der Waals surface area contributed by atoms with Crippen molar-refractivity contribution >= 4 is 41.0 Å². The van der Waals surface area contributed by atoms with Crippen molar-refractivity contribution in [3.8, 4) is 5.75 Å². The quantitative estimate of drug-likeness (QED) is 0.620. The van der Waals surface area contributed by atoms with Gasteiger partial charge in [-0.05, 0) is 36.5 Å². The number of benzene rings is 2. The molecule has 2 N–H and O–H groups in total. The van der Waals surface area contributed by atoms with Crippen molar-refractivity contribution in [3.63, 3.8) is 0 Å². The number of para-hydroxylation sites is 2. The summed E-state index contributed by atoms with van der Waals surface area (Å²) >= 11 is 5.15. The normalized spacial score (nSPS) is 15.3. The van der Waals surface area contributed by atoms with Gasteiger partial charge >= 0.3 is 5.97 Å². The Kier molecular flexibility index (Phi) is 4.94. The number of thiocarbonyl (C=S) groups is 1. The average Bonchev–Trinajstić information content (AvgIpc) is 2.88. The Morgan fingerprint density at radius 2 is 1.92 bits per heavy atom. The first-order valence-corrected chi connectivity index (χ1v) is 7.93. The molecule has 0 atom stereocenters. The van der Waals surface area contributed by atoms with E-state index in [2.05, 4.69) is 5.32 Å². The van der Waals surface area contributed by atoms with Crippen molar-refractivity contribution in [1.82, 2.24) is 5.32 Å². The molecule has 1 amide bonds. The van der Waals surface area contributed by atoms with Gasteiger partial charge in [-0.25, -0.2) is 14.1 Å². The topological polar surface area (TPSA) is 78.9 Å². The maximum absolute atomic E-state index is 14.0. The number of nitrogens with one attached hydrogen (secondary N) is 1. The van der Waals surface area contributed by atoms with Crippen LogP contribution in [-0.4, -0.2) is 28.7 Å². The van der Waals surface area contributed by atoms with E-state index in [9.17, 15) is 14.0 Å². The highest BCUT2D eigenvalue weighted by atomic mass is 32.1. The minimum absolute atomic E-state index is 0.0498. The van der Waals surface area contributed by atoms with Gasteiger partial charge in [0.05, 0.1) is 5.69 Å². The molecular formula is C18H13FN2O4S. The fourth-order valence-corrected chi connectivity index (χ4v) is 2.70. The lowest BCUT2D eigenvalue weighted by Crippen LogP contribution is -2.31. The molecule has 1 saturated heterocycles. The summed E-state index contributed by atoms with van der Waals surface area (Å²) in [5, 5.41) is 11.5. The number of carbonyl (C=O) groups is 2. The van der Waals surface area contributed by atoms with E-state index in [1.807, 2.05) is 0 Å². The van der Waals surface area contributed by atoms with Gasteiger partial charge < -0.3 is 15.2 Å². The standard InChI is InChI=1S/C18H13FN2O4S/c19-12-6-2-3-7-14(12)21-17(24)13(20-18(21)26)9-11-5-1-4-8-15(11)25-10-16(22)23/h1-9H,10H2,(H,20,26)(H,22,23)/b13-9+. The number of hydrogen-bond donors (Lipinski definition) is 2. The highest BCUT2D eigenvalue weighted by Crippen LogP contribution is 2.27. The Balaban J connectivity index is 1.92. The first-order chi connectivity index (χ1) is 12.5. The van der Waals surface area contributed by atoms with Crippen LogP contribution in [0.4, 0.5) is 10.1 Å². The van der Waals surface area contributed by atoms with Gasteiger partial charge in [0.25, 0.3) is 5.91 Å². The third-order valence-electron chi connectivity index (χ3n) is 3.54. The molecule has 0 aliphatic carbocycles. The highest BCUT2D eigenvalue weighted by molar-refractivity contribution is 7.80. The second-order valence-corrected chi connectivity index (χ2v) is 5.69. The molecule has 1 aliphatic rings. The summed E-state index contributed by atoms with van der Waals surface area (Å²) in [4.78, 5) is 24.4. The maximum Gasteiger partial charge on any atom is 0.341 e. The van der Waals surface area contributed by atoms with E-state index in [0.29, 0.717) is 11.3 Å². The van der Waals surface area contributed by atoms with Crippen molar-refractivity contribution in [1.29, 1.82) is 0 Å². The summed E-state index contributed by atoms with van der Waals surface area (Å²) in [6.45, 7) is -0.513. The molecule has 0 spiro atoms. The van der Waals surface area contributed by atoms with Crippen LogP contribution in [0.3, 0.4) is 0 Å². The number of rotatable bonds is 5. The second kappa shape index (κ2) is 7.32. The minimum atomic E-state index is -1.12. The number of ether oxygens (including phenoxy) is 1. The van der Waals surface area contributed by atoms with Crippen LogP contribution in [0.25, 0.3) is 6.08 Å². The lowest BCUT2D eigenvalue weighted by molar-refractivity contribution is -0.139. The first-order valence-electron chi connectivity index (χ1n) is 7.52. The Bertz CT molecular complexity index is 929. The van der Waals surface area contributed by atoms with Gasteiger partial charge in [0.2, 0.25) is 0 Å². The zero-order chi connectivity index (χ0) is 18.7. The van der Waals surface area contributed by atoms with E-state index in [1.54, 1.807) is 30.3 Å². The smallest absolute Gasteiger partial charge is 0.341 e. The molecule has 0 saturated carbocycles. The summed E-state index contributed by atoms with van der Waals surface area (Å²) in [7, 11) is 0. The van der Waals surface area contributed by atoms with Gasteiger partial charge in [0, 0.05) is 5.56 Å². The number of carbonyl (C=O) groups excluding carboxylic acids is 1. The fraction of sp³-hybridized carbons (Fsp3) is 0.0556. The van der Waals surface area contributed by atoms with E-state index in [0.717, 1.165) is 4.90 Å². The number of hydrogen-bond acceptors (Lipinski definition) is 4. The van der Waals surface area contributed by atoms with Crippen LogP contribution in [0.15, 0.2) is 54.2 Å². The summed E-state index contributed by atoms with van der Waals surface area (Å²) < 4.78 is 19.2. The van der Waals surface area contributed by atoms with Gasteiger partial charge in [-0.3, -0.25) is 4.79 Å². The van der Waals surface area contributed by atoms with Crippen molar-refractivity contribution in [3.05, 3.63) is 65.6 Å². The minimum Gasteiger partial charge on any atom is -0.481 e. The van der Waals surface area contributed by atoms with E-state index in [4.69, 9.17) is 22.1 Å². The molecule has 3 rings (SSSR count). The molecule has 0 unspecified atom stereocenters. The molecule has 0 bridgehead atoms. The molecular weight excluding hydrogens is 359 g/mol. The molecule has 1 aliphatic heterocycles. The van der Waals surface area contributed by atoms with Gasteiger partial charge in [0.15, 0.2) is 11.7 Å². The zero-order valence-electron chi connectivity index (χ0n) is 13.3. The Morgan fingerprint density at radius 1 is 1.23 bits per heavy atom. The second-order valence-electron chi connectivity index (χ2n) is 5.30. The summed E-state index contributed by atoms with van der Waals surface area (Å²) in [6.07, 6.45) is 1.48. The monoisotopic (exact) mass is 372 g/mol. The van der Waals surface area contributed by atoms with Crippen molar-refractivity contribution in [2.24, 2.45) is 0 Å². The molecule has 1 fully saturated rings. The predicted octanol–water partition coefficient (Wildman–Crippen LogP) is 2.55. The number of aliphatic carboxylic acids is 1. The zero-order valence-corrected chi connectivity index (χ0v) is 14.1. The SMILES string of the molecule is O=C(O)COc1ccccc1/C=C1/NC(=S)N(c2ccccc2F)C1=O. The van der Waals surface area contributed by atoms with Crippen LogP contribution in [0.5, 0.6) is 5.75 Å². The summed E-state index contributed by atoms with van der Waals surface area (Å²) in [5.41, 5.74) is 0.668. The Hall–Kier alpha value is -3.26. The first kappa shape index (κ1) is 17.6. The Morgan fingerprint density at radius 3 is 2.65 bits per heavy atom. The maximum atomic E-state index is 14.0. The van der Waals surface area contributed by atoms with Crippen molar-refractivity contribution < 1.29 is 23.8 Å². The van der Waals surface area contributed by atoms with Crippen LogP contribution >= 0.6 is 12.2 Å². The number of amides is 1. The lowest BCUT2D eigenvalue weighted by Gasteiger charge is -2.14. The number of nitrogens with zero attached hydrogens (tertiary/aromatic N) is 1. The van der Waals surface area contributed by atoms with E-state index in [1.165, 1.54) is 24.3 Å². The number of anilines is 1. The van der Waals surface area contributed by atoms with Gasteiger partial charge in [-0.1, -0.05) is 30.3 Å². The largest absolute Gasteiger partial charge is 0.481 e. The van der Waals surface area contributed by atoms with Gasteiger partial charge in [0.1, 0.15) is 17.3 Å². The fourth-order valence-electron chi connectivity index (χ4n) is 2.41. The van der Waals surface area contributed by atoms with Crippen LogP contribution < -0.4 is 15.0 Å². The Labute approximate surface area is 153 Å². The van der Waals surface area contributed by atoms with Gasteiger partial charge in [-0.2, -0.15) is 0 Å². The van der Waals surface area contributed by atoms with E-state index < -0.39 is 24.3 Å². The predicted molar refractivity (Wildman–Crippen MR) is 97.2 cm³/mol. The lowest BCUT2D eigenvalue weighted by atomic mass is 10.1. The van der Waals surface area contributed by atoms with Crippen LogP contribution in [0, 0.1) is 5.82 Å². The number of carboxylic acid groups (broad SMARTS) is 1. The van der Waals surface area contributed by atoms with E-state index >= 15 is 0 Å². The van der Waals surface area contributed by atoms with Crippen LogP contribution in [0.2, 0.25) is 0 Å². The number of carboxylic acids is 1. The van der Waals surface area contributed by atoms with Gasteiger partial charge in [-0.15, -0.1) is 0 Å². The summed E-state index contributed by atoms with van der Waals surface area (Å²) in [5.74, 6) is -1.91. The third-order valence-corrected chi connectivity index (χ3v) is 3.83. The molecule has 2 aromatic carbocycles. The molecule has 2 aromatic rings. The molecule has 26 heavy (non-hydrogen) atoms. The molecule has 132 valence electrons. The van der Waals surface area contributed by atoms with Crippen molar-refractivity contribution in [2.45, 2.75) is 0 Å². The van der Waals surface area contributed by atoms with Crippen LogP contribution in [-0.2, 0) is 9.59 Å². The molecule has 0 radical (unpaired) electrons. The summed E-state index contributed by atoms with van der Waals surface area (Å²) in [6, 6.07) is 12.4. The van der Waals surface area contributed by atoms with Crippen LogP contribution in [0.1, 0.15) is 5.56 Å². The molecule has 8 heteroatoms. The molecule has 0 aromatic heterocycles. The molecule has 1 heterocycles. The number of halogens is 1. The highest BCUT2D eigenvalue weighted by Gasteiger charge is 2.33.